The Balaban J connectivity index is 2.44. The average molecular weight is 211 g/mol. The molecule has 0 radical (unpaired) electrons. The van der Waals surface area contributed by atoms with Gasteiger partial charge in [0, 0.05) is 13.0 Å². The van der Waals surface area contributed by atoms with Crippen LogP contribution in [-0.4, -0.2) is 37.5 Å². The van der Waals surface area contributed by atoms with E-state index < -0.39 is 0 Å². The topological polar surface area (TPSA) is 46.6 Å². The number of methoxy groups -OCH3 is 1. The lowest BCUT2D eigenvalue weighted by Gasteiger charge is -2.23. The van der Waals surface area contributed by atoms with Crippen molar-refractivity contribution in [3.8, 4) is 0 Å². The molecule has 0 aliphatic heterocycles. The minimum atomic E-state index is -0.378. The molecule has 0 spiro atoms. The molecule has 0 fully saturated rings. The van der Waals surface area contributed by atoms with Gasteiger partial charge in [-0.25, -0.2) is 0 Å². The van der Waals surface area contributed by atoms with Crippen LogP contribution in [-0.2, 0) is 14.3 Å². The zero-order chi connectivity index (χ0) is 11.3. The molecule has 0 saturated carbocycles. The van der Waals surface area contributed by atoms with E-state index in [0.29, 0.717) is 0 Å². The number of ether oxygens (including phenoxy) is 1. The second-order valence-corrected chi connectivity index (χ2v) is 3.75. The fourth-order valence-corrected chi connectivity index (χ4v) is 1.67. The minimum Gasteiger partial charge on any atom is -0.468 e. The van der Waals surface area contributed by atoms with Gasteiger partial charge in [-0.1, -0.05) is 12.2 Å². The van der Waals surface area contributed by atoms with Crippen molar-refractivity contribution in [2.45, 2.75) is 19.3 Å². The van der Waals surface area contributed by atoms with Crippen LogP contribution in [0.4, 0.5) is 0 Å². The van der Waals surface area contributed by atoms with Gasteiger partial charge in [-0.2, -0.15) is 0 Å². The van der Waals surface area contributed by atoms with Crippen molar-refractivity contribution < 1.29 is 14.3 Å². The van der Waals surface area contributed by atoms with E-state index in [1.165, 1.54) is 12.0 Å². The smallest absolute Gasteiger partial charge is 0.325 e. The van der Waals surface area contributed by atoms with E-state index in [1.807, 2.05) is 6.08 Å². The van der Waals surface area contributed by atoms with Crippen molar-refractivity contribution in [1.29, 1.82) is 0 Å². The zero-order valence-electron chi connectivity index (χ0n) is 9.23. The molecule has 1 unspecified atom stereocenters. The van der Waals surface area contributed by atoms with Crippen LogP contribution >= 0.6 is 0 Å². The highest BCUT2D eigenvalue weighted by Gasteiger charge is 2.23. The predicted octanol–water partition coefficient (Wildman–Crippen LogP) is 0.974. The maximum atomic E-state index is 11.8. The highest BCUT2D eigenvalue weighted by atomic mass is 16.5. The lowest BCUT2D eigenvalue weighted by Crippen LogP contribution is -2.37. The second-order valence-electron chi connectivity index (χ2n) is 3.75. The largest absolute Gasteiger partial charge is 0.468 e. The van der Waals surface area contributed by atoms with Crippen LogP contribution in [0.2, 0.25) is 0 Å². The third kappa shape index (κ3) is 3.38. The predicted molar refractivity (Wildman–Crippen MR) is 56.1 cm³/mol. The number of carbonyl (C=O) groups excluding carboxylic acids is 2. The first kappa shape index (κ1) is 11.8. The molecule has 0 heterocycles. The summed E-state index contributed by atoms with van der Waals surface area (Å²) in [5.41, 5.74) is 0. The summed E-state index contributed by atoms with van der Waals surface area (Å²) in [5.74, 6) is -0.313. The molecule has 0 N–H and O–H groups in total. The molecule has 1 amide bonds. The molecule has 0 aromatic heterocycles. The zero-order valence-corrected chi connectivity index (χ0v) is 9.23. The Labute approximate surface area is 89.9 Å². The standard InChI is InChI=1S/C11H17NO3/c1-12(8-10(13)15-2)11(14)9-6-4-3-5-7-9/h3-4,9H,5-8H2,1-2H3. The summed E-state index contributed by atoms with van der Waals surface area (Å²) in [6.07, 6.45) is 6.72. The number of hydrogen-bond acceptors (Lipinski definition) is 3. The van der Waals surface area contributed by atoms with Crippen LogP contribution in [0.25, 0.3) is 0 Å². The van der Waals surface area contributed by atoms with Gasteiger partial charge in [-0.15, -0.1) is 0 Å². The Kier molecular flexibility index (Phi) is 4.34. The maximum Gasteiger partial charge on any atom is 0.325 e. The number of carbonyl (C=O) groups is 2. The van der Waals surface area contributed by atoms with Crippen LogP contribution in [0.1, 0.15) is 19.3 Å². The van der Waals surface area contributed by atoms with Crippen molar-refractivity contribution >= 4 is 11.9 Å². The Bertz CT molecular complexity index is 273. The van der Waals surface area contributed by atoms with Crippen molar-refractivity contribution in [2.24, 2.45) is 5.92 Å². The summed E-state index contributed by atoms with van der Waals surface area (Å²) in [5, 5.41) is 0. The fraction of sp³-hybridized carbons (Fsp3) is 0.636. The minimum absolute atomic E-state index is 0.0321. The first-order valence-electron chi connectivity index (χ1n) is 5.12. The first-order valence-corrected chi connectivity index (χ1v) is 5.12. The molecule has 0 saturated heterocycles. The number of esters is 1. The Morgan fingerprint density at radius 3 is 2.73 bits per heavy atom. The van der Waals surface area contributed by atoms with E-state index in [-0.39, 0.29) is 24.3 Å². The van der Waals surface area contributed by atoms with Crippen LogP contribution in [0.15, 0.2) is 12.2 Å². The molecular weight excluding hydrogens is 194 g/mol. The Morgan fingerprint density at radius 2 is 2.20 bits per heavy atom. The molecule has 4 heteroatoms. The SMILES string of the molecule is COC(=O)CN(C)C(=O)C1CC=CCC1. The third-order valence-electron chi connectivity index (χ3n) is 2.59. The molecule has 84 valence electrons. The third-order valence-corrected chi connectivity index (χ3v) is 2.59. The maximum absolute atomic E-state index is 11.8. The summed E-state index contributed by atoms with van der Waals surface area (Å²) < 4.78 is 4.51. The number of allylic oxidation sites excluding steroid dienone is 2. The number of rotatable bonds is 3. The molecule has 0 bridgehead atoms. The van der Waals surface area contributed by atoms with E-state index in [4.69, 9.17) is 0 Å². The molecule has 0 aromatic carbocycles. The number of hydrogen-bond donors (Lipinski definition) is 0. The van der Waals surface area contributed by atoms with Crippen molar-refractivity contribution in [2.75, 3.05) is 20.7 Å². The fourth-order valence-electron chi connectivity index (χ4n) is 1.67. The average Bonchev–Trinajstić information content (AvgIpc) is 2.29. The molecule has 1 rings (SSSR count). The second kappa shape index (κ2) is 5.53. The van der Waals surface area contributed by atoms with Gasteiger partial charge in [0.2, 0.25) is 5.91 Å². The van der Waals surface area contributed by atoms with Crippen molar-refractivity contribution in [3.63, 3.8) is 0 Å². The molecule has 1 aliphatic carbocycles. The molecule has 15 heavy (non-hydrogen) atoms. The van der Waals surface area contributed by atoms with E-state index >= 15 is 0 Å². The monoisotopic (exact) mass is 211 g/mol. The molecular formula is C11H17NO3. The van der Waals surface area contributed by atoms with Gasteiger partial charge >= 0.3 is 5.97 Å². The highest BCUT2D eigenvalue weighted by molar-refractivity contribution is 5.83. The number of amides is 1. The first-order chi connectivity index (χ1) is 7.15. The van der Waals surface area contributed by atoms with Gasteiger partial charge < -0.3 is 9.64 Å². The summed E-state index contributed by atoms with van der Waals surface area (Å²) in [6, 6.07) is 0. The summed E-state index contributed by atoms with van der Waals surface area (Å²) in [6.45, 7) is 0.0372. The molecule has 1 aliphatic rings. The van der Waals surface area contributed by atoms with Gasteiger partial charge in [-0.3, -0.25) is 9.59 Å². The van der Waals surface area contributed by atoms with Crippen molar-refractivity contribution in [3.05, 3.63) is 12.2 Å². The molecule has 1 atom stereocenters. The summed E-state index contributed by atoms with van der Waals surface area (Å²) in [7, 11) is 2.96. The quantitative estimate of drug-likeness (QED) is 0.516. The molecule has 4 nitrogen and oxygen atoms in total. The van der Waals surface area contributed by atoms with E-state index in [0.717, 1.165) is 19.3 Å². The lowest BCUT2D eigenvalue weighted by molar-refractivity contribution is -0.147. The van der Waals surface area contributed by atoms with Crippen LogP contribution in [0.5, 0.6) is 0 Å². The van der Waals surface area contributed by atoms with Crippen LogP contribution < -0.4 is 0 Å². The normalized spacial score (nSPS) is 19.7. The van der Waals surface area contributed by atoms with Crippen LogP contribution in [0, 0.1) is 5.92 Å². The van der Waals surface area contributed by atoms with Crippen LogP contribution in [0.3, 0.4) is 0 Å². The van der Waals surface area contributed by atoms with Gasteiger partial charge in [0.1, 0.15) is 6.54 Å². The van der Waals surface area contributed by atoms with Gasteiger partial charge in [0.25, 0.3) is 0 Å². The summed E-state index contributed by atoms with van der Waals surface area (Å²) >= 11 is 0. The van der Waals surface area contributed by atoms with E-state index in [2.05, 4.69) is 10.8 Å². The van der Waals surface area contributed by atoms with Crippen molar-refractivity contribution in [1.82, 2.24) is 4.90 Å². The van der Waals surface area contributed by atoms with E-state index in [9.17, 15) is 9.59 Å². The summed E-state index contributed by atoms with van der Waals surface area (Å²) in [4.78, 5) is 24.3. The number of likely N-dealkylation sites (N-methyl/N-ethyl adjacent to an activating group) is 1. The Morgan fingerprint density at radius 1 is 1.47 bits per heavy atom. The molecule has 0 aromatic rings. The van der Waals surface area contributed by atoms with Gasteiger partial charge in [0.15, 0.2) is 0 Å². The van der Waals surface area contributed by atoms with E-state index in [1.54, 1.807) is 7.05 Å². The Hall–Kier alpha value is -1.32. The van der Waals surface area contributed by atoms with Gasteiger partial charge in [-0.05, 0) is 19.3 Å². The lowest BCUT2D eigenvalue weighted by atomic mass is 9.93. The number of nitrogens with zero attached hydrogens (tertiary/aromatic N) is 1. The van der Waals surface area contributed by atoms with Gasteiger partial charge in [0.05, 0.1) is 7.11 Å². The highest BCUT2D eigenvalue weighted by Crippen LogP contribution is 2.19.